The van der Waals surface area contributed by atoms with Crippen LogP contribution >= 0.6 is 23.2 Å². The summed E-state index contributed by atoms with van der Waals surface area (Å²) in [7, 11) is 1.92. The second-order valence-electron chi connectivity index (χ2n) is 5.48. The quantitative estimate of drug-likeness (QED) is 0.870. The molecule has 0 spiro atoms. The number of likely N-dealkylation sites (N-methyl/N-ethyl adjacent to an activating group) is 1. The van der Waals surface area contributed by atoms with E-state index in [2.05, 4.69) is 19.2 Å². The predicted molar refractivity (Wildman–Crippen MR) is 85.2 cm³/mol. The number of benzene rings is 1. The van der Waals surface area contributed by atoms with Gasteiger partial charge in [-0.05, 0) is 37.6 Å². The maximum absolute atomic E-state index is 12.0. The van der Waals surface area contributed by atoms with Crippen molar-refractivity contribution in [2.24, 2.45) is 5.92 Å². The van der Waals surface area contributed by atoms with E-state index < -0.39 is 0 Å². The highest BCUT2D eigenvalue weighted by Gasteiger charge is 2.18. The van der Waals surface area contributed by atoms with Crippen molar-refractivity contribution in [1.82, 2.24) is 10.2 Å². The molecule has 0 aliphatic heterocycles. The second-order valence-corrected chi connectivity index (χ2v) is 6.29. The van der Waals surface area contributed by atoms with E-state index in [-0.39, 0.29) is 11.9 Å². The average Bonchev–Trinajstić information content (AvgIpc) is 2.39. The Balaban J connectivity index is 2.58. The normalized spacial score (nSPS) is 12.8. The molecule has 0 aliphatic carbocycles. The minimum Gasteiger partial charge on any atom is -0.354 e. The zero-order chi connectivity index (χ0) is 15.3. The molecule has 1 N–H and O–H groups in total. The van der Waals surface area contributed by atoms with Crippen molar-refractivity contribution in [2.45, 2.75) is 33.4 Å². The molecular formula is C15H22Cl2N2O. The molecule has 1 aromatic rings. The minimum atomic E-state index is -0.191. The first-order valence-electron chi connectivity index (χ1n) is 6.73. The van der Waals surface area contributed by atoms with Crippen molar-refractivity contribution in [1.29, 1.82) is 0 Å². The van der Waals surface area contributed by atoms with Gasteiger partial charge in [0.15, 0.2) is 0 Å². The van der Waals surface area contributed by atoms with E-state index in [1.165, 1.54) is 0 Å². The van der Waals surface area contributed by atoms with Gasteiger partial charge in [0.1, 0.15) is 0 Å². The van der Waals surface area contributed by atoms with Crippen LogP contribution in [0.3, 0.4) is 0 Å². The van der Waals surface area contributed by atoms with Gasteiger partial charge in [0.05, 0.1) is 16.1 Å². The number of halogens is 2. The molecule has 1 rings (SSSR count). The van der Waals surface area contributed by atoms with Crippen LogP contribution < -0.4 is 5.32 Å². The molecule has 0 fully saturated rings. The van der Waals surface area contributed by atoms with Gasteiger partial charge < -0.3 is 5.32 Å². The van der Waals surface area contributed by atoms with Gasteiger partial charge in [0.2, 0.25) is 5.91 Å². The zero-order valence-electron chi connectivity index (χ0n) is 12.4. The lowest BCUT2D eigenvalue weighted by atomic mass is 10.1. The molecule has 0 aromatic heterocycles. The molecule has 0 bridgehead atoms. The first kappa shape index (κ1) is 17.3. The largest absolute Gasteiger partial charge is 0.354 e. The van der Waals surface area contributed by atoms with E-state index in [0.717, 1.165) is 5.56 Å². The van der Waals surface area contributed by atoms with Crippen LogP contribution in [0.1, 0.15) is 26.3 Å². The number of amides is 1. The van der Waals surface area contributed by atoms with Crippen molar-refractivity contribution in [3.05, 3.63) is 33.8 Å². The maximum atomic E-state index is 12.0. The van der Waals surface area contributed by atoms with Crippen LogP contribution in [0.2, 0.25) is 10.0 Å². The highest BCUT2D eigenvalue weighted by atomic mass is 35.5. The maximum Gasteiger partial charge on any atom is 0.237 e. The molecule has 1 aromatic carbocycles. The lowest BCUT2D eigenvalue weighted by molar-refractivity contribution is -0.125. The lowest BCUT2D eigenvalue weighted by Gasteiger charge is -2.24. The van der Waals surface area contributed by atoms with Crippen molar-refractivity contribution < 1.29 is 4.79 Å². The monoisotopic (exact) mass is 316 g/mol. The van der Waals surface area contributed by atoms with Crippen LogP contribution in [0, 0.1) is 5.92 Å². The summed E-state index contributed by atoms with van der Waals surface area (Å²) < 4.78 is 0. The zero-order valence-corrected chi connectivity index (χ0v) is 13.9. The van der Waals surface area contributed by atoms with Gasteiger partial charge in [-0.15, -0.1) is 0 Å². The third kappa shape index (κ3) is 5.31. The molecule has 0 unspecified atom stereocenters. The molecule has 1 atom stereocenters. The van der Waals surface area contributed by atoms with Crippen molar-refractivity contribution in [2.75, 3.05) is 13.6 Å². The topological polar surface area (TPSA) is 32.3 Å². The summed E-state index contributed by atoms with van der Waals surface area (Å²) in [6.45, 7) is 7.39. The number of hydrogen-bond donors (Lipinski definition) is 1. The smallest absolute Gasteiger partial charge is 0.237 e. The Morgan fingerprint density at radius 1 is 1.25 bits per heavy atom. The summed E-state index contributed by atoms with van der Waals surface area (Å²) in [5.41, 5.74) is 1.03. The van der Waals surface area contributed by atoms with Crippen LogP contribution in [0.5, 0.6) is 0 Å². The first-order chi connectivity index (χ1) is 9.31. The molecular weight excluding hydrogens is 295 g/mol. The number of carbonyl (C=O) groups excluding carboxylic acids is 1. The molecule has 0 saturated heterocycles. The standard InChI is InChI=1S/C15H22Cl2N2O/c1-10(2)8-18-15(20)11(3)19(4)9-12-5-6-13(16)14(17)7-12/h5-7,10-11H,8-9H2,1-4H3,(H,18,20)/t11-/m0/s1. The van der Waals surface area contributed by atoms with Crippen LogP contribution in [0.25, 0.3) is 0 Å². The fourth-order valence-electron chi connectivity index (χ4n) is 1.72. The van der Waals surface area contributed by atoms with E-state index in [9.17, 15) is 4.79 Å². The van der Waals surface area contributed by atoms with Gasteiger partial charge in [-0.1, -0.05) is 43.1 Å². The average molecular weight is 317 g/mol. The summed E-state index contributed by atoms with van der Waals surface area (Å²) >= 11 is 11.9. The van der Waals surface area contributed by atoms with E-state index in [0.29, 0.717) is 29.1 Å². The third-order valence-corrected chi connectivity index (χ3v) is 3.88. The number of rotatable bonds is 6. The number of nitrogens with zero attached hydrogens (tertiary/aromatic N) is 1. The van der Waals surface area contributed by atoms with E-state index >= 15 is 0 Å². The predicted octanol–water partition coefficient (Wildman–Crippen LogP) is 3.59. The Labute approximate surface area is 131 Å². The van der Waals surface area contributed by atoms with Crippen LogP contribution in [0.15, 0.2) is 18.2 Å². The minimum absolute atomic E-state index is 0.0428. The lowest BCUT2D eigenvalue weighted by Crippen LogP contribution is -2.43. The summed E-state index contributed by atoms with van der Waals surface area (Å²) in [5.74, 6) is 0.493. The first-order valence-corrected chi connectivity index (χ1v) is 7.48. The second kappa shape index (κ2) is 7.87. The van der Waals surface area contributed by atoms with Crippen molar-refractivity contribution in [3.63, 3.8) is 0 Å². The molecule has 0 saturated carbocycles. The van der Waals surface area contributed by atoms with Crippen LogP contribution in [-0.4, -0.2) is 30.4 Å². The molecule has 1 amide bonds. The summed E-state index contributed by atoms with van der Waals surface area (Å²) in [6, 6.07) is 5.34. The van der Waals surface area contributed by atoms with E-state index in [1.807, 2.05) is 31.0 Å². The van der Waals surface area contributed by atoms with Crippen LogP contribution in [-0.2, 0) is 11.3 Å². The molecule has 0 aliphatic rings. The summed E-state index contributed by atoms with van der Waals surface area (Å²) in [6.07, 6.45) is 0. The number of nitrogens with one attached hydrogen (secondary N) is 1. The Bertz CT molecular complexity index is 463. The van der Waals surface area contributed by atoms with Gasteiger partial charge in [0.25, 0.3) is 0 Å². The highest BCUT2D eigenvalue weighted by Crippen LogP contribution is 2.23. The van der Waals surface area contributed by atoms with Gasteiger partial charge in [-0.2, -0.15) is 0 Å². The van der Waals surface area contributed by atoms with Crippen molar-refractivity contribution in [3.8, 4) is 0 Å². The molecule has 0 radical (unpaired) electrons. The third-order valence-electron chi connectivity index (χ3n) is 3.14. The number of carbonyl (C=O) groups is 1. The van der Waals surface area contributed by atoms with E-state index in [4.69, 9.17) is 23.2 Å². The van der Waals surface area contributed by atoms with Gasteiger partial charge in [-0.3, -0.25) is 9.69 Å². The number of hydrogen-bond acceptors (Lipinski definition) is 2. The fraction of sp³-hybridized carbons (Fsp3) is 0.533. The molecule has 3 nitrogen and oxygen atoms in total. The van der Waals surface area contributed by atoms with E-state index in [1.54, 1.807) is 6.07 Å². The Morgan fingerprint density at radius 3 is 2.45 bits per heavy atom. The SMILES string of the molecule is CC(C)CNC(=O)[C@H](C)N(C)Cc1ccc(Cl)c(Cl)c1. The molecule has 20 heavy (non-hydrogen) atoms. The highest BCUT2D eigenvalue weighted by molar-refractivity contribution is 6.42. The van der Waals surface area contributed by atoms with Gasteiger partial charge >= 0.3 is 0 Å². The van der Waals surface area contributed by atoms with Gasteiger partial charge in [-0.25, -0.2) is 0 Å². The Morgan fingerprint density at radius 2 is 1.90 bits per heavy atom. The van der Waals surface area contributed by atoms with Gasteiger partial charge in [0, 0.05) is 13.1 Å². The molecule has 5 heteroatoms. The Kier molecular flexibility index (Phi) is 6.80. The summed E-state index contributed by atoms with van der Waals surface area (Å²) in [4.78, 5) is 14.0. The Hall–Kier alpha value is -0.770. The molecule has 0 heterocycles. The molecule has 112 valence electrons. The summed E-state index contributed by atoms with van der Waals surface area (Å²) in [5, 5.41) is 4.02. The fourth-order valence-corrected chi connectivity index (χ4v) is 2.04. The van der Waals surface area contributed by atoms with Crippen molar-refractivity contribution >= 4 is 29.1 Å². The van der Waals surface area contributed by atoms with Crippen LogP contribution in [0.4, 0.5) is 0 Å².